The lowest BCUT2D eigenvalue weighted by atomic mass is 10.1. The smallest absolute Gasteiger partial charge is 0.257 e. The highest BCUT2D eigenvalue weighted by atomic mass is 19.1. The molecule has 4 rings (SSSR count). The van der Waals surface area contributed by atoms with Crippen LogP contribution in [0.1, 0.15) is 28.9 Å². The molecular formula is C18H17FN4O3. The van der Waals surface area contributed by atoms with E-state index >= 15 is 0 Å². The van der Waals surface area contributed by atoms with E-state index in [0.29, 0.717) is 34.6 Å². The monoisotopic (exact) mass is 356 g/mol. The fourth-order valence-electron chi connectivity index (χ4n) is 2.91. The molecular weight excluding hydrogens is 339 g/mol. The number of likely N-dealkylation sites (N-methyl/N-ethyl adjacent to an activating group) is 1. The van der Waals surface area contributed by atoms with Crippen LogP contribution >= 0.6 is 0 Å². The lowest BCUT2D eigenvalue weighted by Gasteiger charge is -2.19. The summed E-state index contributed by atoms with van der Waals surface area (Å²) in [6.45, 7) is 2.41. The molecule has 2 bridgehead atoms. The van der Waals surface area contributed by atoms with Gasteiger partial charge < -0.3 is 19.4 Å². The van der Waals surface area contributed by atoms with Gasteiger partial charge in [-0.25, -0.2) is 14.4 Å². The normalized spacial score (nSPS) is 17.7. The number of halogens is 1. The van der Waals surface area contributed by atoms with E-state index in [9.17, 15) is 9.18 Å². The number of aromatic amines is 1. The van der Waals surface area contributed by atoms with Crippen LogP contribution in [0.4, 0.5) is 4.39 Å². The molecule has 0 saturated heterocycles. The fourth-order valence-corrected chi connectivity index (χ4v) is 2.91. The number of nitrogens with one attached hydrogen (secondary N) is 1. The van der Waals surface area contributed by atoms with Gasteiger partial charge in [0.2, 0.25) is 5.88 Å². The Morgan fingerprint density at radius 1 is 1.38 bits per heavy atom. The summed E-state index contributed by atoms with van der Waals surface area (Å²) in [5.74, 6) is 0.177. The minimum absolute atomic E-state index is 0.196. The Morgan fingerprint density at radius 2 is 2.23 bits per heavy atom. The molecule has 2 aromatic heterocycles. The van der Waals surface area contributed by atoms with Crippen molar-refractivity contribution >= 4 is 17.1 Å². The first-order valence-electron chi connectivity index (χ1n) is 8.21. The summed E-state index contributed by atoms with van der Waals surface area (Å²) in [6.07, 6.45) is 2.54. The third-order valence-electron chi connectivity index (χ3n) is 4.33. The zero-order chi connectivity index (χ0) is 18.3. The summed E-state index contributed by atoms with van der Waals surface area (Å²) in [5, 5.41) is 0. The number of nitrogens with zero attached hydrogens (tertiary/aromatic N) is 3. The number of benzene rings is 1. The Balaban J connectivity index is 1.82. The molecule has 1 amide bonds. The summed E-state index contributed by atoms with van der Waals surface area (Å²) < 4.78 is 25.3. The number of carbonyl (C=O) groups is 1. The van der Waals surface area contributed by atoms with Crippen LogP contribution < -0.4 is 9.47 Å². The van der Waals surface area contributed by atoms with Crippen molar-refractivity contribution < 1.29 is 18.7 Å². The maximum absolute atomic E-state index is 13.7. The third-order valence-corrected chi connectivity index (χ3v) is 4.33. The maximum Gasteiger partial charge on any atom is 0.257 e. The van der Waals surface area contributed by atoms with E-state index < -0.39 is 6.10 Å². The second-order valence-electron chi connectivity index (χ2n) is 6.13. The van der Waals surface area contributed by atoms with Crippen molar-refractivity contribution in [1.29, 1.82) is 0 Å². The average molecular weight is 356 g/mol. The van der Waals surface area contributed by atoms with Gasteiger partial charge >= 0.3 is 0 Å². The second kappa shape index (κ2) is 6.29. The van der Waals surface area contributed by atoms with Gasteiger partial charge in [-0.15, -0.1) is 0 Å². The lowest BCUT2D eigenvalue weighted by molar-refractivity contribution is 0.0775. The predicted molar refractivity (Wildman–Crippen MR) is 91.8 cm³/mol. The van der Waals surface area contributed by atoms with Crippen molar-refractivity contribution in [2.75, 3.05) is 20.2 Å². The van der Waals surface area contributed by atoms with Gasteiger partial charge in [-0.05, 0) is 25.1 Å². The van der Waals surface area contributed by atoms with E-state index in [1.165, 1.54) is 18.3 Å². The number of amides is 1. The first-order chi connectivity index (χ1) is 12.5. The van der Waals surface area contributed by atoms with Crippen molar-refractivity contribution in [2.24, 2.45) is 0 Å². The van der Waals surface area contributed by atoms with Crippen LogP contribution in [0.3, 0.4) is 0 Å². The van der Waals surface area contributed by atoms with Gasteiger partial charge in [0.1, 0.15) is 29.8 Å². The van der Waals surface area contributed by atoms with Crippen molar-refractivity contribution in [2.45, 2.75) is 13.0 Å². The number of aromatic nitrogens is 3. The maximum atomic E-state index is 13.7. The van der Waals surface area contributed by atoms with Crippen molar-refractivity contribution in [3.05, 3.63) is 47.5 Å². The van der Waals surface area contributed by atoms with Crippen molar-refractivity contribution in [3.8, 4) is 11.6 Å². The number of rotatable bonds is 0. The Kier molecular flexibility index (Phi) is 3.95. The van der Waals surface area contributed by atoms with Crippen LogP contribution in [-0.4, -0.2) is 46.0 Å². The van der Waals surface area contributed by atoms with E-state index in [2.05, 4.69) is 15.0 Å². The molecule has 1 unspecified atom stereocenters. The topological polar surface area (TPSA) is 80.3 Å². The molecule has 134 valence electrons. The van der Waals surface area contributed by atoms with Gasteiger partial charge in [-0.3, -0.25) is 4.79 Å². The molecule has 0 radical (unpaired) electrons. The SMILES string of the molecule is CC1Oc2cnc3[nH]cc(c3n2)C(=O)N(C)CCOc2ccc(F)cc21. The van der Waals surface area contributed by atoms with E-state index in [1.807, 2.05) is 0 Å². The highest BCUT2D eigenvalue weighted by molar-refractivity contribution is 6.04. The van der Waals surface area contributed by atoms with E-state index in [-0.39, 0.29) is 24.2 Å². The van der Waals surface area contributed by atoms with Crippen molar-refractivity contribution in [1.82, 2.24) is 19.9 Å². The summed E-state index contributed by atoms with van der Waals surface area (Å²) in [5.41, 5.74) is 1.91. The molecule has 7 nitrogen and oxygen atoms in total. The van der Waals surface area contributed by atoms with Crippen LogP contribution in [0.15, 0.2) is 30.6 Å². The molecule has 1 aromatic carbocycles. The first kappa shape index (κ1) is 16.3. The summed E-state index contributed by atoms with van der Waals surface area (Å²) in [6, 6.07) is 4.27. The molecule has 26 heavy (non-hydrogen) atoms. The summed E-state index contributed by atoms with van der Waals surface area (Å²) in [4.78, 5) is 25.8. The number of hydrogen-bond acceptors (Lipinski definition) is 5. The molecule has 0 aliphatic carbocycles. The highest BCUT2D eigenvalue weighted by Crippen LogP contribution is 2.30. The third kappa shape index (κ3) is 2.83. The Hall–Kier alpha value is -3.16. The first-order valence-corrected chi connectivity index (χ1v) is 8.21. The van der Waals surface area contributed by atoms with E-state index in [0.717, 1.165) is 0 Å². The Morgan fingerprint density at radius 3 is 3.08 bits per heavy atom. The van der Waals surface area contributed by atoms with Crippen molar-refractivity contribution in [3.63, 3.8) is 0 Å². The molecule has 0 spiro atoms. The van der Waals surface area contributed by atoms with Crippen LogP contribution in [0.5, 0.6) is 11.6 Å². The van der Waals surface area contributed by atoms with Gasteiger partial charge in [0.25, 0.3) is 5.91 Å². The molecule has 3 aromatic rings. The number of fused-ring (bicyclic) bond motifs is 2. The minimum Gasteiger partial charge on any atom is -0.491 e. The van der Waals surface area contributed by atoms with Crippen LogP contribution in [0, 0.1) is 5.82 Å². The van der Waals surface area contributed by atoms with Gasteiger partial charge in [0.05, 0.1) is 18.3 Å². The molecule has 8 heteroatoms. The zero-order valence-corrected chi connectivity index (χ0v) is 14.3. The predicted octanol–water partition coefficient (Wildman–Crippen LogP) is 2.70. The summed E-state index contributed by atoms with van der Waals surface area (Å²) in [7, 11) is 1.69. The molecule has 0 saturated carbocycles. The number of ether oxygens (including phenoxy) is 2. The molecule has 3 heterocycles. The van der Waals surface area contributed by atoms with Gasteiger partial charge in [0, 0.05) is 18.8 Å². The molecule has 1 aliphatic rings. The summed E-state index contributed by atoms with van der Waals surface area (Å²) >= 11 is 0. The lowest BCUT2D eigenvalue weighted by Crippen LogP contribution is -2.30. The minimum atomic E-state index is -0.510. The Bertz CT molecular complexity index is 988. The van der Waals surface area contributed by atoms with Crippen LogP contribution in [-0.2, 0) is 0 Å². The fraction of sp³-hybridized carbons (Fsp3) is 0.278. The zero-order valence-electron chi connectivity index (χ0n) is 14.3. The number of carbonyl (C=O) groups excluding carboxylic acids is 1. The Labute approximate surface area is 148 Å². The molecule has 1 atom stereocenters. The highest BCUT2D eigenvalue weighted by Gasteiger charge is 2.21. The molecule has 1 N–H and O–H groups in total. The van der Waals surface area contributed by atoms with Gasteiger partial charge in [-0.1, -0.05) is 0 Å². The second-order valence-corrected chi connectivity index (χ2v) is 6.13. The molecule has 0 fully saturated rings. The van der Waals surface area contributed by atoms with Crippen LogP contribution in [0.2, 0.25) is 0 Å². The number of hydrogen-bond donors (Lipinski definition) is 1. The number of H-pyrrole nitrogens is 1. The van der Waals surface area contributed by atoms with Gasteiger partial charge in [0.15, 0.2) is 5.65 Å². The quantitative estimate of drug-likeness (QED) is 0.670. The van der Waals surface area contributed by atoms with Crippen LogP contribution in [0.25, 0.3) is 11.2 Å². The van der Waals surface area contributed by atoms with Gasteiger partial charge in [-0.2, -0.15) is 0 Å². The molecule has 1 aliphatic heterocycles. The standard InChI is InChI=1S/C18H17FN4O3/c1-10-12-7-11(19)3-4-14(12)25-6-5-23(2)18(24)13-8-20-17-16(13)22-15(26-10)9-21-17/h3-4,7-10H,5-6H2,1-2H3,(H,20,21). The average Bonchev–Trinajstić information content (AvgIpc) is 3.04. The van der Waals surface area contributed by atoms with E-state index in [4.69, 9.17) is 9.47 Å². The van der Waals surface area contributed by atoms with E-state index in [1.54, 1.807) is 31.1 Å². The largest absolute Gasteiger partial charge is 0.491 e.